The van der Waals surface area contributed by atoms with Gasteiger partial charge in [0, 0.05) is 0 Å². The van der Waals surface area contributed by atoms with E-state index in [4.69, 9.17) is 0 Å². The van der Waals surface area contributed by atoms with Crippen molar-refractivity contribution < 1.29 is 0 Å². The largest absolute Gasteiger partial charge is 0.179 e. The molecule has 0 fully saturated rings. The molecule has 0 saturated heterocycles. The summed E-state index contributed by atoms with van der Waals surface area (Å²) in [5.41, 5.74) is 5.81. The Labute approximate surface area is 197 Å². The smallest absolute Gasteiger partial charge is 0.0623 e. The van der Waals surface area contributed by atoms with Crippen LogP contribution in [0.2, 0.25) is 0 Å². The fourth-order valence-electron chi connectivity index (χ4n) is 5.75. The molecule has 0 bridgehead atoms. The van der Waals surface area contributed by atoms with E-state index in [1.165, 1.54) is 43.0 Å². The molecule has 5 aromatic carbocycles. The van der Waals surface area contributed by atoms with Gasteiger partial charge < -0.3 is 0 Å². The SMILES string of the molecule is c1ccc([Si](c2ccccc2)(c2ccccc2)c2cccc3c2CCc2ccccc2-3)cc1. The maximum Gasteiger partial charge on any atom is 0.179 e. The third-order valence-corrected chi connectivity index (χ3v) is 12.0. The molecule has 0 atom stereocenters. The van der Waals surface area contributed by atoms with Crippen LogP contribution in [0.3, 0.4) is 0 Å². The summed E-state index contributed by atoms with van der Waals surface area (Å²) in [6.45, 7) is 0. The molecule has 158 valence electrons. The Hall–Kier alpha value is -3.68. The molecule has 0 saturated carbocycles. The van der Waals surface area contributed by atoms with Crippen molar-refractivity contribution in [3.05, 3.63) is 145 Å². The Kier molecular flexibility index (Phi) is 5.05. The van der Waals surface area contributed by atoms with Crippen LogP contribution < -0.4 is 20.7 Å². The minimum Gasteiger partial charge on any atom is -0.0623 e. The second kappa shape index (κ2) is 8.35. The summed E-state index contributed by atoms with van der Waals surface area (Å²) >= 11 is 0. The van der Waals surface area contributed by atoms with Gasteiger partial charge in [0.05, 0.1) is 0 Å². The summed E-state index contributed by atoms with van der Waals surface area (Å²) in [7, 11) is -2.50. The topological polar surface area (TPSA) is 0 Å². The number of aryl methyl sites for hydroxylation is 1. The van der Waals surface area contributed by atoms with Crippen molar-refractivity contribution in [2.45, 2.75) is 12.8 Å². The maximum atomic E-state index is 2.42. The fraction of sp³-hybridized carbons (Fsp3) is 0.0625. The van der Waals surface area contributed by atoms with E-state index in [1.807, 2.05) is 0 Å². The molecule has 5 aromatic rings. The van der Waals surface area contributed by atoms with E-state index in [0.29, 0.717) is 0 Å². The molecule has 0 nitrogen and oxygen atoms in total. The summed E-state index contributed by atoms with van der Waals surface area (Å²) in [5, 5.41) is 5.84. The van der Waals surface area contributed by atoms with Crippen molar-refractivity contribution in [1.29, 1.82) is 0 Å². The zero-order chi connectivity index (χ0) is 22.1. The maximum absolute atomic E-state index is 2.50. The van der Waals surface area contributed by atoms with Crippen LogP contribution in [0.25, 0.3) is 11.1 Å². The lowest BCUT2D eigenvalue weighted by atomic mass is 9.86. The first kappa shape index (κ1) is 20.0. The van der Waals surface area contributed by atoms with Gasteiger partial charge >= 0.3 is 0 Å². The second-order valence-corrected chi connectivity index (χ2v) is 12.6. The Morgan fingerprint density at radius 2 is 0.879 bits per heavy atom. The normalized spacial score (nSPS) is 12.6. The average molecular weight is 439 g/mol. The summed E-state index contributed by atoms with van der Waals surface area (Å²) in [6.07, 6.45) is 2.19. The molecular weight excluding hydrogens is 412 g/mol. The number of rotatable bonds is 4. The summed E-state index contributed by atoms with van der Waals surface area (Å²) in [4.78, 5) is 0. The number of hydrogen-bond acceptors (Lipinski definition) is 0. The summed E-state index contributed by atoms with van der Waals surface area (Å²) in [5.74, 6) is 0. The van der Waals surface area contributed by atoms with Gasteiger partial charge in [-0.05, 0) is 55.8 Å². The molecule has 1 aliphatic rings. The van der Waals surface area contributed by atoms with Gasteiger partial charge in [-0.2, -0.15) is 0 Å². The van der Waals surface area contributed by atoms with Crippen LogP contribution in [0.4, 0.5) is 0 Å². The number of benzene rings is 5. The molecule has 0 amide bonds. The molecule has 0 aromatic heterocycles. The van der Waals surface area contributed by atoms with Crippen molar-refractivity contribution >= 4 is 28.8 Å². The minimum atomic E-state index is -2.50. The lowest BCUT2D eigenvalue weighted by molar-refractivity contribution is 0.947. The summed E-state index contributed by atoms with van der Waals surface area (Å²) in [6, 6.07) is 49.7. The highest BCUT2D eigenvalue weighted by Gasteiger charge is 2.43. The van der Waals surface area contributed by atoms with E-state index in [-0.39, 0.29) is 0 Å². The molecule has 1 heteroatoms. The average Bonchev–Trinajstić information content (AvgIpc) is 2.91. The zero-order valence-electron chi connectivity index (χ0n) is 18.6. The van der Waals surface area contributed by atoms with Crippen molar-refractivity contribution in [3.8, 4) is 11.1 Å². The van der Waals surface area contributed by atoms with Crippen LogP contribution in [-0.4, -0.2) is 8.07 Å². The lowest BCUT2D eigenvalue weighted by Crippen LogP contribution is -2.75. The first-order valence-corrected chi connectivity index (χ1v) is 13.8. The molecule has 0 spiro atoms. The van der Waals surface area contributed by atoms with Crippen LogP contribution in [0, 0.1) is 0 Å². The van der Waals surface area contributed by atoms with Gasteiger partial charge in [-0.1, -0.05) is 133 Å². The molecule has 33 heavy (non-hydrogen) atoms. The predicted molar refractivity (Wildman–Crippen MR) is 143 cm³/mol. The quantitative estimate of drug-likeness (QED) is 0.279. The third kappa shape index (κ3) is 3.20. The van der Waals surface area contributed by atoms with Gasteiger partial charge in [-0.3, -0.25) is 0 Å². The Morgan fingerprint density at radius 1 is 0.394 bits per heavy atom. The first-order chi connectivity index (χ1) is 16.4. The van der Waals surface area contributed by atoms with E-state index in [9.17, 15) is 0 Å². The van der Waals surface area contributed by atoms with Gasteiger partial charge in [-0.15, -0.1) is 0 Å². The summed E-state index contributed by atoms with van der Waals surface area (Å²) < 4.78 is 0. The molecular formula is C32H26Si. The molecule has 0 radical (unpaired) electrons. The fourth-order valence-corrected chi connectivity index (χ4v) is 10.8. The second-order valence-electron chi connectivity index (χ2n) is 8.84. The van der Waals surface area contributed by atoms with Crippen molar-refractivity contribution in [3.63, 3.8) is 0 Å². The van der Waals surface area contributed by atoms with Gasteiger partial charge in [-0.25, -0.2) is 0 Å². The van der Waals surface area contributed by atoms with Crippen molar-refractivity contribution in [1.82, 2.24) is 0 Å². The Bertz CT molecular complexity index is 1290. The lowest BCUT2D eigenvalue weighted by Gasteiger charge is -2.37. The highest BCUT2D eigenvalue weighted by molar-refractivity contribution is 7.20. The van der Waals surface area contributed by atoms with Gasteiger partial charge in [0.25, 0.3) is 0 Å². The highest BCUT2D eigenvalue weighted by atomic mass is 28.3. The van der Waals surface area contributed by atoms with Crippen molar-refractivity contribution in [2.24, 2.45) is 0 Å². The molecule has 0 aliphatic heterocycles. The zero-order valence-corrected chi connectivity index (χ0v) is 19.6. The van der Waals surface area contributed by atoms with E-state index in [2.05, 4.69) is 133 Å². The Balaban J connectivity index is 1.75. The van der Waals surface area contributed by atoms with Crippen LogP contribution in [0.5, 0.6) is 0 Å². The van der Waals surface area contributed by atoms with Crippen LogP contribution in [-0.2, 0) is 12.8 Å². The minimum absolute atomic E-state index is 1.09. The van der Waals surface area contributed by atoms with E-state index in [0.717, 1.165) is 12.8 Å². The van der Waals surface area contributed by atoms with Gasteiger partial charge in [0.15, 0.2) is 8.07 Å². The van der Waals surface area contributed by atoms with Crippen LogP contribution >= 0.6 is 0 Å². The van der Waals surface area contributed by atoms with Crippen molar-refractivity contribution in [2.75, 3.05) is 0 Å². The standard InChI is InChI=1S/C32H26Si/c1-4-14-26(15-5-1)33(27-16-6-2-7-17-27,28-18-8-3-9-19-28)32-22-12-21-30-29-20-11-10-13-25(29)23-24-31(30)32/h1-22H,23-24H2. The molecule has 0 unspecified atom stereocenters. The van der Waals surface area contributed by atoms with Gasteiger partial charge in [0.2, 0.25) is 0 Å². The van der Waals surface area contributed by atoms with Gasteiger partial charge in [0.1, 0.15) is 0 Å². The van der Waals surface area contributed by atoms with E-state index >= 15 is 0 Å². The molecule has 1 aliphatic carbocycles. The first-order valence-electron chi connectivity index (χ1n) is 11.8. The number of hydrogen-bond donors (Lipinski definition) is 0. The van der Waals surface area contributed by atoms with Crippen LogP contribution in [0.1, 0.15) is 11.1 Å². The highest BCUT2D eigenvalue weighted by Crippen LogP contribution is 2.33. The number of fused-ring (bicyclic) bond motifs is 3. The predicted octanol–water partition coefficient (Wildman–Crippen LogP) is 4.83. The van der Waals surface area contributed by atoms with Crippen LogP contribution in [0.15, 0.2) is 133 Å². The molecule has 0 N–H and O–H groups in total. The molecule has 6 rings (SSSR count). The van der Waals surface area contributed by atoms with E-state index < -0.39 is 8.07 Å². The molecule has 0 heterocycles. The monoisotopic (exact) mass is 438 g/mol. The van der Waals surface area contributed by atoms with E-state index in [1.54, 1.807) is 0 Å². The Morgan fingerprint density at radius 3 is 1.45 bits per heavy atom. The third-order valence-electron chi connectivity index (χ3n) is 7.15.